The number of nitrogens with two attached hydrogens (primary N) is 1. The first-order valence-corrected chi connectivity index (χ1v) is 7.32. The summed E-state index contributed by atoms with van der Waals surface area (Å²) in [6, 6.07) is 0.195. The van der Waals surface area contributed by atoms with Gasteiger partial charge < -0.3 is 11.1 Å². The Hall–Kier alpha value is -0.460. The lowest BCUT2D eigenvalue weighted by atomic mass is 9.66. The van der Waals surface area contributed by atoms with Gasteiger partial charge in [-0.1, -0.05) is 20.3 Å². The predicted octanol–water partition coefficient (Wildman–Crippen LogP) is 0.202. The van der Waals surface area contributed by atoms with E-state index in [1.54, 1.807) is 0 Å². The van der Waals surface area contributed by atoms with Crippen LogP contribution in [0.25, 0.3) is 0 Å². The van der Waals surface area contributed by atoms with Crippen LogP contribution in [0.2, 0.25) is 0 Å². The van der Waals surface area contributed by atoms with E-state index in [2.05, 4.69) is 34.8 Å². The topological polar surface area (TPSA) is 74.5 Å². The highest BCUT2D eigenvalue weighted by Gasteiger charge is 2.64. The summed E-state index contributed by atoms with van der Waals surface area (Å²) in [6.07, 6.45) is 3.47. The number of hydrogen-bond acceptors (Lipinski definition) is 6. The lowest BCUT2D eigenvalue weighted by molar-refractivity contribution is 0.0636. The van der Waals surface area contributed by atoms with E-state index in [-0.39, 0.29) is 16.6 Å². The van der Waals surface area contributed by atoms with Gasteiger partial charge in [0.2, 0.25) is 0 Å². The zero-order chi connectivity index (χ0) is 13.0. The molecule has 2 fully saturated rings. The van der Waals surface area contributed by atoms with Crippen LogP contribution in [0.15, 0.2) is 4.99 Å². The number of aliphatic imine (C=N–C) groups is 1. The van der Waals surface area contributed by atoms with E-state index < -0.39 is 0 Å². The van der Waals surface area contributed by atoms with Crippen LogP contribution in [-0.4, -0.2) is 29.2 Å². The summed E-state index contributed by atoms with van der Waals surface area (Å²) in [6.45, 7) is 5.27. The van der Waals surface area contributed by atoms with Crippen molar-refractivity contribution in [1.29, 1.82) is 0 Å². The lowest BCUT2D eigenvalue weighted by Gasteiger charge is -2.57. The molecule has 2 aliphatic heterocycles. The maximum atomic E-state index is 6.00. The highest BCUT2D eigenvalue weighted by atomic mass is 32.1. The van der Waals surface area contributed by atoms with Crippen LogP contribution in [0.1, 0.15) is 33.1 Å². The Balaban J connectivity index is 2.05. The molecule has 1 saturated heterocycles. The largest absolute Gasteiger partial charge is 0.370 e. The molecule has 102 valence electrons. The molecule has 18 heavy (non-hydrogen) atoms. The molecule has 5 N–H and O–H groups in total. The van der Waals surface area contributed by atoms with Gasteiger partial charge in [-0.2, -0.15) is 0 Å². The van der Waals surface area contributed by atoms with Crippen LogP contribution in [0.3, 0.4) is 0 Å². The number of nitrogens with one attached hydrogen (secondary N) is 3. The molecule has 0 aromatic carbocycles. The fraction of sp³-hybridized carbons (Fsp3) is 0.917. The van der Waals surface area contributed by atoms with Crippen molar-refractivity contribution in [2.75, 3.05) is 6.67 Å². The Morgan fingerprint density at radius 3 is 3.06 bits per heavy atom. The average molecular weight is 269 g/mol. The first kappa shape index (κ1) is 12.6. The second kappa shape index (κ2) is 4.02. The molecule has 0 radical (unpaired) electrons. The van der Waals surface area contributed by atoms with Gasteiger partial charge in [-0.05, 0) is 24.7 Å². The molecule has 3 rings (SSSR count). The smallest absolute Gasteiger partial charge is 0.191 e. The standard InChI is InChI=1S/C12H23N5S/c1-3-4-8-5-7(2)11-9(14-6-15-11)12(8,18)17-10(13)16-11/h7-9,14-15,18H,3-6H2,1-2H3,(H3,13,16,17). The van der Waals surface area contributed by atoms with Crippen LogP contribution < -0.4 is 21.7 Å². The number of thiol groups is 1. The first-order valence-electron chi connectivity index (χ1n) is 6.87. The van der Waals surface area contributed by atoms with E-state index in [0.717, 1.165) is 13.1 Å². The number of rotatable bonds is 2. The van der Waals surface area contributed by atoms with Gasteiger partial charge in [-0.25, -0.2) is 4.99 Å². The van der Waals surface area contributed by atoms with Crippen molar-refractivity contribution in [3.8, 4) is 0 Å². The summed E-state index contributed by atoms with van der Waals surface area (Å²) in [5.41, 5.74) is 5.73. The second-order valence-electron chi connectivity index (χ2n) is 5.89. The zero-order valence-electron chi connectivity index (χ0n) is 11.0. The van der Waals surface area contributed by atoms with Gasteiger partial charge in [-0.3, -0.25) is 10.6 Å². The van der Waals surface area contributed by atoms with Crippen LogP contribution in [0.4, 0.5) is 0 Å². The van der Waals surface area contributed by atoms with Gasteiger partial charge in [0.1, 0.15) is 10.5 Å². The van der Waals surface area contributed by atoms with E-state index in [9.17, 15) is 0 Å². The summed E-state index contributed by atoms with van der Waals surface area (Å²) < 4.78 is 0. The van der Waals surface area contributed by atoms with Crippen molar-refractivity contribution in [2.45, 2.75) is 49.7 Å². The van der Waals surface area contributed by atoms with Crippen molar-refractivity contribution >= 4 is 18.6 Å². The molecule has 1 saturated carbocycles. The summed E-state index contributed by atoms with van der Waals surface area (Å²) in [4.78, 5) is 4.38. The summed E-state index contributed by atoms with van der Waals surface area (Å²) in [5, 5.41) is 10.4. The molecule has 5 nitrogen and oxygen atoms in total. The number of nitrogens with zero attached hydrogens (tertiary/aromatic N) is 1. The number of hydrogen-bond donors (Lipinski definition) is 5. The zero-order valence-corrected chi connectivity index (χ0v) is 11.9. The fourth-order valence-electron chi connectivity index (χ4n) is 4.03. The molecular formula is C12H23N5S. The SMILES string of the molecule is CCCC1CC(C)C23N=C(N)NC1(S)C2NCN3. The molecule has 5 unspecified atom stereocenters. The van der Waals surface area contributed by atoms with Gasteiger partial charge in [0.25, 0.3) is 0 Å². The van der Waals surface area contributed by atoms with Crippen molar-refractivity contribution in [1.82, 2.24) is 16.0 Å². The molecule has 2 bridgehead atoms. The molecule has 3 aliphatic rings. The van der Waals surface area contributed by atoms with Gasteiger partial charge in [0.15, 0.2) is 5.96 Å². The van der Waals surface area contributed by atoms with Crippen molar-refractivity contribution in [2.24, 2.45) is 22.6 Å². The summed E-state index contributed by atoms with van der Waals surface area (Å²) in [7, 11) is 0. The predicted molar refractivity (Wildman–Crippen MR) is 76.3 cm³/mol. The number of guanidine groups is 1. The van der Waals surface area contributed by atoms with Crippen LogP contribution in [0, 0.1) is 11.8 Å². The highest BCUT2D eigenvalue weighted by Crippen LogP contribution is 2.50. The Morgan fingerprint density at radius 2 is 2.33 bits per heavy atom. The van der Waals surface area contributed by atoms with Crippen molar-refractivity contribution < 1.29 is 0 Å². The molecule has 0 aromatic rings. The maximum Gasteiger partial charge on any atom is 0.191 e. The average Bonchev–Trinajstić information content (AvgIpc) is 2.73. The molecule has 1 aliphatic carbocycles. The highest BCUT2D eigenvalue weighted by molar-refractivity contribution is 7.81. The van der Waals surface area contributed by atoms with Crippen molar-refractivity contribution in [3.63, 3.8) is 0 Å². The van der Waals surface area contributed by atoms with Crippen LogP contribution >= 0.6 is 12.6 Å². The first-order chi connectivity index (χ1) is 8.53. The van der Waals surface area contributed by atoms with E-state index in [1.807, 2.05) is 0 Å². The molecule has 0 spiro atoms. The molecular weight excluding hydrogens is 246 g/mol. The normalized spacial score (nSPS) is 50.4. The minimum absolute atomic E-state index is 0.195. The van der Waals surface area contributed by atoms with Gasteiger partial charge >= 0.3 is 0 Å². The minimum Gasteiger partial charge on any atom is -0.370 e. The molecule has 6 heteroatoms. The quantitative estimate of drug-likeness (QED) is 0.464. The van der Waals surface area contributed by atoms with E-state index in [1.165, 1.54) is 12.8 Å². The van der Waals surface area contributed by atoms with Gasteiger partial charge in [0, 0.05) is 6.67 Å². The Morgan fingerprint density at radius 1 is 1.56 bits per heavy atom. The van der Waals surface area contributed by atoms with Crippen LogP contribution in [0.5, 0.6) is 0 Å². The summed E-state index contributed by atoms with van der Waals surface area (Å²) in [5.74, 6) is 1.50. The maximum absolute atomic E-state index is 6.00. The third-order valence-corrected chi connectivity index (χ3v) is 5.58. The third kappa shape index (κ3) is 1.45. The van der Waals surface area contributed by atoms with E-state index in [4.69, 9.17) is 18.4 Å². The Bertz CT molecular complexity index is 387. The van der Waals surface area contributed by atoms with E-state index in [0.29, 0.717) is 17.8 Å². The monoisotopic (exact) mass is 269 g/mol. The fourth-order valence-corrected chi connectivity index (χ4v) is 4.67. The third-order valence-electron chi connectivity index (χ3n) is 4.84. The van der Waals surface area contributed by atoms with Crippen LogP contribution in [-0.2, 0) is 0 Å². The lowest BCUT2D eigenvalue weighted by Crippen LogP contribution is -2.77. The molecule has 0 amide bonds. The minimum atomic E-state index is -0.294. The molecule has 2 heterocycles. The molecule has 5 atom stereocenters. The van der Waals surface area contributed by atoms with Gasteiger partial charge in [-0.15, -0.1) is 12.6 Å². The Kier molecular flexibility index (Phi) is 2.80. The van der Waals surface area contributed by atoms with E-state index >= 15 is 0 Å². The summed E-state index contributed by atoms with van der Waals surface area (Å²) >= 11 is 4.98. The molecule has 0 aromatic heterocycles. The second-order valence-corrected chi connectivity index (χ2v) is 6.63. The van der Waals surface area contributed by atoms with Crippen molar-refractivity contribution in [3.05, 3.63) is 0 Å². The Labute approximate surface area is 114 Å². The van der Waals surface area contributed by atoms with Gasteiger partial charge in [0.05, 0.1) is 6.04 Å².